The molecule has 0 saturated carbocycles. The number of carbonyl (C=O) groups excluding carboxylic acids is 1. The molecule has 18 heavy (non-hydrogen) atoms. The van der Waals surface area contributed by atoms with Gasteiger partial charge in [0.15, 0.2) is 0 Å². The van der Waals surface area contributed by atoms with Crippen molar-refractivity contribution in [2.24, 2.45) is 5.73 Å². The molecule has 1 aliphatic carbocycles. The van der Waals surface area contributed by atoms with Gasteiger partial charge in [0.2, 0.25) is 0 Å². The van der Waals surface area contributed by atoms with Gasteiger partial charge in [-0.25, -0.2) is 0 Å². The number of hydrogen-bond donors (Lipinski definition) is 1. The molecule has 0 spiro atoms. The molecule has 1 aromatic carbocycles. The SMILES string of the molecule is CCOC(=O)CCOc1ccc2c(c1)CC(N)C2. The molecule has 2 N–H and O–H groups in total. The van der Waals surface area contributed by atoms with Gasteiger partial charge in [-0.2, -0.15) is 0 Å². The quantitative estimate of drug-likeness (QED) is 0.802. The molecule has 1 aromatic rings. The third-order valence-corrected chi connectivity index (χ3v) is 3.02. The Bertz CT molecular complexity index is 431. The third kappa shape index (κ3) is 3.23. The van der Waals surface area contributed by atoms with Crippen LogP contribution >= 0.6 is 0 Å². The molecule has 0 saturated heterocycles. The first-order chi connectivity index (χ1) is 8.69. The van der Waals surface area contributed by atoms with Gasteiger partial charge in [-0.3, -0.25) is 4.79 Å². The van der Waals surface area contributed by atoms with Gasteiger partial charge in [0.25, 0.3) is 0 Å². The summed E-state index contributed by atoms with van der Waals surface area (Å²) in [6.07, 6.45) is 2.13. The second kappa shape index (κ2) is 5.87. The second-order valence-electron chi connectivity index (χ2n) is 4.50. The minimum absolute atomic E-state index is 0.222. The summed E-state index contributed by atoms with van der Waals surface area (Å²) < 4.78 is 10.4. The summed E-state index contributed by atoms with van der Waals surface area (Å²) in [6.45, 7) is 2.56. The highest BCUT2D eigenvalue weighted by Gasteiger charge is 2.18. The zero-order valence-electron chi connectivity index (χ0n) is 10.6. The molecule has 4 nitrogen and oxygen atoms in total. The van der Waals surface area contributed by atoms with E-state index in [1.165, 1.54) is 11.1 Å². The maximum absolute atomic E-state index is 11.1. The number of fused-ring (bicyclic) bond motifs is 1. The van der Waals surface area contributed by atoms with Gasteiger partial charge in [0.1, 0.15) is 5.75 Å². The molecule has 0 fully saturated rings. The molecule has 4 heteroatoms. The lowest BCUT2D eigenvalue weighted by Crippen LogP contribution is -2.18. The molecule has 0 heterocycles. The Labute approximate surface area is 107 Å². The number of carbonyl (C=O) groups is 1. The lowest BCUT2D eigenvalue weighted by Gasteiger charge is -2.07. The van der Waals surface area contributed by atoms with Gasteiger partial charge in [0.05, 0.1) is 19.6 Å². The number of benzene rings is 1. The van der Waals surface area contributed by atoms with Crippen molar-refractivity contribution in [3.63, 3.8) is 0 Å². The summed E-state index contributed by atoms with van der Waals surface area (Å²) in [5, 5.41) is 0. The second-order valence-corrected chi connectivity index (χ2v) is 4.50. The summed E-state index contributed by atoms with van der Waals surface area (Å²) >= 11 is 0. The molecule has 0 aliphatic heterocycles. The van der Waals surface area contributed by atoms with Crippen molar-refractivity contribution >= 4 is 5.97 Å². The van der Waals surface area contributed by atoms with Crippen molar-refractivity contribution in [2.45, 2.75) is 32.2 Å². The molecule has 0 amide bonds. The maximum Gasteiger partial charge on any atom is 0.309 e. The fourth-order valence-corrected chi connectivity index (χ4v) is 2.20. The van der Waals surface area contributed by atoms with Crippen LogP contribution in [-0.2, 0) is 22.4 Å². The van der Waals surface area contributed by atoms with Crippen LogP contribution in [0.3, 0.4) is 0 Å². The average Bonchev–Trinajstić information content (AvgIpc) is 2.69. The third-order valence-electron chi connectivity index (χ3n) is 3.02. The van der Waals surface area contributed by atoms with Gasteiger partial charge in [-0.15, -0.1) is 0 Å². The summed E-state index contributed by atoms with van der Waals surface area (Å²) in [4.78, 5) is 11.1. The van der Waals surface area contributed by atoms with Crippen molar-refractivity contribution in [3.05, 3.63) is 29.3 Å². The van der Waals surface area contributed by atoms with E-state index in [1.807, 2.05) is 12.1 Å². The van der Waals surface area contributed by atoms with E-state index in [0.717, 1.165) is 18.6 Å². The minimum Gasteiger partial charge on any atom is -0.493 e. The Kier molecular flexibility index (Phi) is 4.20. The highest BCUT2D eigenvalue weighted by molar-refractivity contribution is 5.69. The van der Waals surface area contributed by atoms with Crippen molar-refractivity contribution in [1.82, 2.24) is 0 Å². The van der Waals surface area contributed by atoms with Crippen molar-refractivity contribution < 1.29 is 14.3 Å². The average molecular weight is 249 g/mol. The molecule has 1 unspecified atom stereocenters. The van der Waals surface area contributed by atoms with E-state index in [9.17, 15) is 4.79 Å². The molecule has 0 radical (unpaired) electrons. The van der Waals surface area contributed by atoms with Crippen LogP contribution < -0.4 is 10.5 Å². The molecule has 0 aromatic heterocycles. The molecule has 0 bridgehead atoms. The van der Waals surface area contributed by atoms with Gasteiger partial charge >= 0.3 is 5.97 Å². The fourth-order valence-electron chi connectivity index (χ4n) is 2.20. The summed E-state index contributed by atoms with van der Waals surface area (Å²) in [5.74, 6) is 0.577. The van der Waals surface area contributed by atoms with Crippen LogP contribution in [0, 0.1) is 0 Å². The fraction of sp³-hybridized carbons (Fsp3) is 0.500. The van der Waals surface area contributed by atoms with Crippen molar-refractivity contribution in [2.75, 3.05) is 13.2 Å². The number of rotatable bonds is 5. The Balaban J connectivity index is 1.84. The summed E-state index contributed by atoms with van der Waals surface area (Å²) in [6, 6.07) is 6.24. The van der Waals surface area contributed by atoms with Crippen molar-refractivity contribution in [1.29, 1.82) is 0 Å². The number of ether oxygens (including phenoxy) is 2. The number of nitrogens with two attached hydrogens (primary N) is 1. The Hall–Kier alpha value is -1.55. The van der Waals surface area contributed by atoms with Crippen LogP contribution in [0.25, 0.3) is 0 Å². The number of hydrogen-bond acceptors (Lipinski definition) is 4. The molecule has 1 atom stereocenters. The molecule has 1 aliphatic rings. The smallest absolute Gasteiger partial charge is 0.309 e. The van der Waals surface area contributed by atoms with Gasteiger partial charge in [-0.05, 0) is 43.0 Å². The van der Waals surface area contributed by atoms with E-state index in [4.69, 9.17) is 15.2 Å². The van der Waals surface area contributed by atoms with Crippen LogP contribution in [0.1, 0.15) is 24.5 Å². The lowest BCUT2D eigenvalue weighted by molar-refractivity contribution is -0.143. The largest absolute Gasteiger partial charge is 0.493 e. The summed E-state index contributed by atoms with van der Waals surface area (Å²) in [5.41, 5.74) is 8.47. The first kappa shape index (κ1) is 12.9. The number of esters is 1. The van der Waals surface area contributed by atoms with E-state index in [-0.39, 0.29) is 18.4 Å². The first-order valence-corrected chi connectivity index (χ1v) is 6.35. The monoisotopic (exact) mass is 249 g/mol. The van der Waals surface area contributed by atoms with Gasteiger partial charge in [-0.1, -0.05) is 6.07 Å². The zero-order chi connectivity index (χ0) is 13.0. The Morgan fingerprint density at radius 3 is 2.94 bits per heavy atom. The van der Waals surface area contributed by atoms with E-state index in [2.05, 4.69) is 6.07 Å². The van der Waals surface area contributed by atoms with E-state index in [0.29, 0.717) is 13.2 Å². The van der Waals surface area contributed by atoms with Crippen LogP contribution in [-0.4, -0.2) is 25.2 Å². The lowest BCUT2D eigenvalue weighted by atomic mass is 10.1. The highest BCUT2D eigenvalue weighted by atomic mass is 16.5. The van der Waals surface area contributed by atoms with E-state index >= 15 is 0 Å². The highest BCUT2D eigenvalue weighted by Crippen LogP contribution is 2.25. The van der Waals surface area contributed by atoms with Gasteiger partial charge < -0.3 is 15.2 Å². The zero-order valence-corrected chi connectivity index (χ0v) is 10.6. The molecule has 98 valence electrons. The van der Waals surface area contributed by atoms with Crippen LogP contribution in [0.15, 0.2) is 18.2 Å². The Morgan fingerprint density at radius 2 is 2.17 bits per heavy atom. The maximum atomic E-state index is 11.1. The summed E-state index contributed by atoms with van der Waals surface area (Å²) in [7, 11) is 0. The predicted molar refractivity (Wildman–Crippen MR) is 68.6 cm³/mol. The van der Waals surface area contributed by atoms with Gasteiger partial charge in [0, 0.05) is 6.04 Å². The standard InChI is InChI=1S/C14H19NO3/c1-2-17-14(16)5-6-18-13-4-3-10-7-12(15)8-11(10)9-13/h3-4,9,12H,2,5-8,15H2,1H3. The van der Waals surface area contributed by atoms with Crippen LogP contribution in [0.2, 0.25) is 0 Å². The van der Waals surface area contributed by atoms with Crippen LogP contribution in [0.4, 0.5) is 0 Å². The normalized spacial score (nSPS) is 17.3. The van der Waals surface area contributed by atoms with Crippen molar-refractivity contribution in [3.8, 4) is 5.75 Å². The van der Waals surface area contributed by atoms with E-state index in [1.54, 1.807) is 6.92 Å². The topological polar surface area (TPSA) is 61.5 Å². The minimum atomic E-state index is -0.222. The van der Waals surface area contributed by atoms with E-state index < -0.39 is 0 Å². The molecule has 2 rings (SSSR count). The predicted octanol–water partition coefficient (Wildman–Crippen LogP) is 1.44. The van der Waals surface area contributed by atoms with Crippen LogP contribution in [0.5, 0.6) is 5.75 Å². The molecular weight excluding hydrogens is 230 g/mol. The Morgan fingerprint density at radius 1 is 1.39 bits per heavy atom. The first-order valence-electron chi connectivity index (χ1n) is 6.35. The molecular formula is C14H19NO3.